The zero-order chi connectivity index (χ0) is 12.4. The number of para-hydroxylation sites is 2. The van der Waals surface area contributed by atoms with Crippen molar-refractivity contribution in [3.8, 4) is 0 Å². The Hall–Kier alpha value is -2.00. The minimum atomic E-state index is 0.552. The average molecular weight is 259 g/mol. The van der Waals surface area contributed by atoms with Gasteiger partial charge in [-0.15, -0.1) is 0 Å². The Morgan fingerprint density at radius 2 is 1.83 bits per heavy atom. The van der Waals surface area contributed by atoms with Gasteiger partial charge in [0.1, 0.15) is 5.52 Å². The van der Waals surface area contributed by atoms with Crippen molar-refractivity contribution in [2.45, 2.75) is 6.54 Å². The Bertz CT molecular complexity index is 628. The van der Waals surface area contributed by atoms with Crippen molar-refractivity contribution in [2.75, 3.05) is 5.32 Å². The maximum Gasteiger partial charge on any atom is 0.214 e. The fourth-order valence-corrected chi connectivity index (χ4v) is 1.87. The molecule has 0 bridgehead atoms. The van der Waals surface area contributed by atoms with E-state index in [2.05, 4.69) is 10.3 Å². The van der Waals surface area contributed by atoms with E-state index in [1.165, 1.54) is 0 Å². The first-order chi connectivity index (χ1) is 8.81. The second kappa shape index (κ2) is 4.70. The highest BCUT2D eigenvalue weighted by molar-refractivity contribution is 6.30. The minimum absolute atomic E-state index is 0.552. The first kappa shape index (κ1) is 11.1. The van der Waals surface area contributed by atoms with Gasteiger partial charge in [0.2, 0.25) is 5.89 Å². The maximum atomic E-state index is 5.82. The van der Waals surface area contributed by atoms with Gasteiger partial charge in [0.15, 0.2) is 5.58 Å². The largest absolute Gasteiger partial charge is 0.439 e. The molecule has 0 fully saturated rings. The van der Waals surface area contributed by atoms with E-state index in [0.29, 0.717) is 12.4 Å². The van der Waals surface area contributed by atoms with Crippen LogP contribution >= 0.6 is 11.6 Å². The smallest absolute Gasteiger partial charge is 0.214 e. The molecule has 0 aliphatic heterocycles. The molecule has 4 heteroatoms. The lowest BCUT2D eigenvalue weighted by atomic mass is 10.3. The molecule has 1 aromatic heterocycles. The summed E-state index contributed by atoms with van der Waals surface area (Å²) in [6, 6.07) is 15.3. The highest BCUT2D eigenvalue weighted by Gasteiger charge is 2.04. The molecule has 0 spiro atoms. The summed E-state index contributed by atoms with van der Waals surface area (Å²) in [5, 5.41) is 3.96. The van der Waals surface area contributed by atoms with E-state index in [-0.39, 0.29) is 0 Å². The molecule has 0 saturated heterocycles. The predicted molar refractivity (Wildman–Crippen MR) is 72.8 cm³/mol. The second-order valence-corrected chi connectivity index (χ2v) is 4.37. The van der Waals surface area contributed by atoms with Crippen LogP contribution in [-0.2, 0) is 6.54 Å². The van der Waals surface area contributed by atoms with Crippen LogP contribution < -0.4 is 5.32 Å². The fraction of sp³-hybridized carbons (Fsp3) is 0.0714. The summed E-state index contributed by atoms with van der Waals surface area (Å²) >= 11 is 5.82. The van der Waals surface area contributed by atoms with Crippen LogP contribution in [0.4, 0.5) is 5.69 Å². The lowest BCUT2D eigenvalue weighted by Gasteiger charge is -2.02. The number of nitrogens with one attached hydrogen (secondary N) is 1. The summed E-state index contributed by atoms with van der Waals surface area (Å²) in [7, 11) is 0. The number of hydrogen-bond acceptors (Lipinski definition) is 3. The molecule has 3 aromatic rings. The van der Waals surface area contributed by atoms with Crippen molar-refractivity contribution in [3.05, 3.63) is 59.4 Å². The molecule has 0 aliphatic rings. The van der Waals surface area contributed by atoms with Gasteiger partial charge in [0.05, 0.1) is 6.54 Å². The Labute approximate surface area is 109 Å². The van der Waals surface area contributed by atoms with E-state index < -0.39 is 0 Å². The highest BCUT2D eigenvalue weighted by Crippen LogP contribution is 2.17. The number of aromatic nitrogens is 1. The number of rotatable bonds is 3. The third-order valence-corrected chi connectivity index (χ3v) is 2.88. The zero-order valence-corrected chi connectivity index (χ0v) is 10.3. The molecule has 3 nitrogen and oxygen atoms in total. The van der Waals surface area contributed by atoms with Gasteiger partial charge in [-0.2, -0.15) is 0 Å². The molecular formula is C14H11ClN2O. The van der Waals surface area contributed by atoms with Gasteiger partial charge in [-0.05, 0) is 36.4 Å². The first-order valence-electron chi connectivity index (χ1n) is 5.65. The third-order valence-electron chi connectivity index (χ3n) is 2.63. The number of hydrogen-bond donors (Lipinski definition) is 1. The molecule has 3 rings (SSSR count). The summed E-state index contributed by atoms with van der Waals surface area (Å²) in [4.78, 5) is 4.39. The Morgan fingerprint density at radius 3 is 2.61 bits per heavy atom. The number of fused-ring (bicyclic) bond motifs is 1. The number of anilines is 1. The lowest BCUT2D eigenvalue weighted by Crippen LogP contribution is -1.98. The van der Waals surface area contributed by atoms with E-state index in [9.17, 15) is 0 Å². The van der Waals surface area contributed by atoms with Crippen LogP contribution in [0.2, 0.25) is 5.02 Å². The van der Waals surface area contributed by atoms with Gasteiger partial charge >= 0.3 is 0 Å². The molecule has 1 N–H and O–H groups in total. The van der Waals surface area contributed by atoms with Crippen LogP contribution in [0.15, 0.2) is 52.9 Å². The van der Waals surface area contributed by atoms with Crippen LogP contribution in [0.5, 0.6) is 0 Å². The summed E-state index contributed by atoms with van der Waals surface area (Å²) in [5.41, 5.74) is 2.68. The average Bonchev–Trinajstić information content (AvgIpc) is 2.81. The molecule has 1 heterocycles. The molecule has 0 unspecified atom stereocenters. The molecule has 2 aromatic carbocycles. The third kappa shape index (κ3) is 2.31. The summed E-state index contributed by atoms with van der Waals surface area (Å²) in [5.74, 6) is 0.672. The minimum Gasteiger partial charge on any atom is -0.439 e. The first-order valence-corrected chi connectivity index (χ1v) is 6.03. The number of nitrogens with zero attached hydrogens (tertiary/aromatic N) is 1. The van der Waals surface area contributed by atoms with Crippen molar-refractivity contribution in [1.82, 2.24) is 4.98 Å². The molecule has 18 heavy (non-hydrogen) atoms. The Balaban J connectivity index is 1.74. The Kier molecular flexibility index (Phi) is 2.90. The van der Waals surface area contributed by atoms with Gasteiger partial charge in [0, 0.05) is 10.7 Å². The van der Waals surface area contributed by atoms with Crippen molar-refractivity contribution in [1.29, 1.82) is 0 Å². The maximum absolute atomic E-state index is 5.82. The summed E-state index contributed by atoms with van der Waals surface area (Å²) in [6.45, 7) is 0.552. The van der Waals surface area contributed by atoms with E-state index in [4.69, 9.17) is 16.0 Å². The van der Waals surface area contributed by atoms with Crippen LogP contribution in [0.1, 0.15) is 5.89 Å². The number of oxazole rings is 1. The van der Waals surface area contributed by atoms with Gasteiger partial charge in [-0.1, -0.05) is 23.7 Å². The fourth-order valence-electron chi connectivity index (χ4n) is 1.74. The van der Waals surface area contributed by atoms with Crippen LogP contribution in [0.25, 0.3) is 11.1 Å². The van der Waals surface area contributed by atoms with Gasteiger partial charge in [0.25, 0.3) is 0 Å². The zero-order valence-electron chi connectivity index (χ0n) is 9.56. The highest BCUT2D eigenvalue weighted by atomic mass is 35.5. The van der Waals surface area contributed by atoms with E-state index in [1.807, 2.05) is 48.5 Å². The van der Waals surface area contributed by atoms with Crippen molar-refractivity contribution >= 4 is 28.4 Å². The molecule has 0 atom stereocenters. The molecule has 0 amide bonds. The van der Waals surface area contributed by atoms with E-state index in [1.54, 1.807) is 0 Å². The van der Waals surface area contributed by atoms with Gasteiger partial charge in [-0.25, -0.2) is 4.98 Å². The van der Waals surface area contributed by atoms with Crippen LogP contribution in [0, 0.1) is 0 Å². The summed E-state index contributed by atoms with van der Waals surface area (Å²) in [6.07, 6.45) is 0. The second-order valence-electron chi connectivity index (χ2n) is 3.94. The van der Waals surface area contributed by atoms with Crippen LogP contribution in [-0.4, -0.2) is 4.98 Å². The van der Waals surface area contributed by atoms with Crippen molar-refractivity contribution in [2.24, 2.45) is 0 Å². The quantitative estimate of drug-likeness (QED) is 0.769. The van der Waals surface area contributed by atoms with Crippen molar-refractivity contribution in [3.63, 3.8) is 0 Å². The SMILES string of the molecule is Clc1ccc(NCc2nc3ccccc3o2)cc1. The van der Waals surface area contributed by atoms with E-state index in [0.717, 1.165) is 21.8 Å². The molecule has 0 saturated carbocycles. The number of halogens is 1. The van der Waals surface area contributed by atoms with Crippen molar-refractivity contribution < 1.29 is 4.42 Å². The standard InChI is InChI=1S/C14H11ClN2O/c15-10-5-7-11(8-6-10)16-9-14-17-12-3-1-2-4-13(12)18-14/h1-8,16H,9H2. The van der Waals surface area contributed by atoms with Crippen LogP contribution in [0.3, 0.4) is 0 Å². The molecular weight excluding hydrogens is 248 g/mol. The molecule has 90 valence electrons. The molecule has 0 aliphatic carbocycles. The lowest BCUT2D eigenvalue weighted by molar-refractivity contribution is 0.540. The normalized spacial score (nSPS) is 10.7. The van der Waals surface area contributed by atoms with E-state index >= 15 is 0 Å². The predicted octanol–water partition coefficient (Wildman–Crippen LogP) is 4.09. The van der Waals surface area contributed by atoms with Gasteiger partial charge in [-0.3, -0.25) is 0 Å². The van der Waals surface area contributed by atoms with Gasteiger partial charge < -0.3 is 9.73 Å². The molecule has 0 radical (unpaired) electrons. The Morgan fingerprint density at radius 1 is 1.06 bits per heavy atom. The summed E-state index contributed by atoms with van der Waals surface area (Å²) < 4.78 is 5.61. The topological polar surface area (TPSA) is 38.1 Å². The number of benzene rings is 2. The monoisotopic (exact) mass is 258 g/mol.